The molecule has 0 radical (unpaired) electrons. The molecule has 0 amide bonds. The maximum atomic E-state index is 12.2. The smallest absolute Gasteiger partial charge is 0.233 e. The molecule has 0 rings (SSSR count). The molecule has 0 aliphatic carbocycles. The largest absolute Gasteiger partial charge is 0.342 e. The van der Waals surface area contributed by atoms with Crippen LogP contribution in [0.1, 0.15) is 41.5 Å². The molecule has 0 aliphatic heterocycles. The van der Waals surface area contributed by atoms with Gasteiger partial charge >= 0.3 is 0 Å². The quantitative estimate of drug-likeness (QED) is 0.639. The lowest BCUT2D eigenvalue weighted by molar-refractivity contribution is 0.309. The molecule has 5 N–H and O–H groups in total. The van der Waals surface area contributed by atoms with E-state index in [0.29, 0.717) is 0 Å². The minimum atomic E-state index is -3.56. The fourth-order valence-corrected chi connectivity index (χ4v) is 3.85. The van der Waals surface area contributed by atoms with Crippen LogP contribution in [0.15, 0.2) is 0 Å². The molecule has 5 heteroatoms. The molecule has 0 spiro atoms. The molecule has 0 aromatic rings. The van der Waals surface area contributed by atoms with Crippen molar-refractivity contribution < 1.29 is 9.46 Å². The molecule has 2 unspecified atom stereocenters. The Morgan fingerprint density at radius 2 is 1.13 bits per heavy atom. The SMILES string of the molecule is CC(C)(C)C(N)P(=O)(O)C(N)C(C)(C)C. The van der Waals surface area contributed by atoms with Gasteiger partial charge in [-0.25, -0.2) is 0 Å². The molecule has 92 valence electrons. The standard InChI is InChI=1S/C10H25N2O2P/c1-9(2,3)7(11)15(13,14)8(12)10(4,5)6/h7-8H,11-12H2,1-6H3,(H,13,14). The Kier molecular flexibility index (Phi) is 4.20. The fraction of sp³-hybridized carbons (Fsp3) is 1.00. The second kappa shape index (κ2) is 4.17. The summed E-state index contributed by atoms with van der Waals surface area (Å²) in [5.41, 5.74) is 10.8. The topological polar surface area (TPSA) is 89.3 Å². The van der Waals surface area contributed by atoms with Crippen LogP contribution in [0.5, 0.6) is 0 Å². The van der Waals surface area contributed by atoms with Crippen LogP contribution in [-0.2, 0) is 4.57 Å². The Balaban J connectivity index is 5.08. The first-order chi connectivity index (χ1) is 6.31. The van der Waals surface area contributed by atoms with Crippen molar-refractivity contribution >= 4 is 7.37 Å². The van der Waals surface area contributed by atoms with Gasteiger partial charge in [-0.3, -0.25) is 4.57 Å². The van der Waals surface area contributed by atoms with Gasteiger partial charge in [0.2, 0.25) is 7.37 Å². The summed E-state index contributed by atoms with van der Waals surface area (Å²) in [6.07, 6.45) is 0. The molecule has 0 fully saturated rings. The van der Waals surface area contributed by atoms with Gasteiger partial charge < -0.3 is 16.4 Å². The molecular weight excluding hydrogens is 211 g/mol. The normalized spacial score (nSPS) is 21.9. The number of hydrogen-bond donors (Lipinski definition) is 3. The maximum Gasteiger partial charge on any atom is 0.233 e. The van der Waals surface area contributed by atoms with Crippen LogP contribution < -0.4 is 11.5 Å². The summed E-state index contributed by atoms with van der Waals surface area (Å²) in [4.78, 5) is 10.0. The van der Waals surface area contributed by atoms with Crippen molar-refractivity contribution in [2.45, 2.75) is 53.1 Å². The highest BCUT2D eigenvalue weighted by atomic mass is 31.2. The first kappa shape index (κ1) is 15.1. The minimum Gasteiger partial charge on any atom is -0.342 e. The lowest BCUT2D eigenvalue weighted by atomic mass is 9.96. The highest BCUT2D eigenvalue weighted by Gasteiger charge is 2.45. The third-order valence-electron chi connectivity index (χ3n) is 2.57. The van der Waals surface area contributed by atoms with E-state index >= 15 is 0 Å². The van der Waals surface area contributed by atoms with Crippen LogP contribution in [0.3, 0.4) is 0 Å². The Labute approximate surface area is 92.9 Å². The summed E-state index contributed by atoms with van der Waals surface area (Å²) >= 11 is 0. The summed E-state index contributed by atoms with van der Waals surface area (Å²) in [6, 6.07) is 0. The van der Waals surface area contributed by atoms with Crippen LogP contribution in [0.25, 0.3) is 0 Å². The van der Waals surface area contributed by atoms with E-state index in [9.17, 15) is 9.46 Å². The predicted octanol–water partition coefficient (Wildman–Crippen LogP) is 1.92. The van der Waals surface area contributed by atoms with E-state index in [-0.39, 0.29) is 0 Å². The van der Waals surface area contributed by atoms with E-state index in [2.05, 4.69) is 0 Å². The zero-order chi connectivity index (χ0) is 12.7. The lowest BCUT2D eigenvalue weighted by Crippen LogP contribution is -2.44. The zero-order valence-electron chi connectivity index (χ0n) is 10.6. The number of rotatable bonds is 2. The molecule has 4 nitrogen and oxygen atoms in total. The van der Waals surface area contributed by atoms with Crippen molar-refractivity contribution in [2.75, 3.05) is 0 Å². The highest BCUT2D eigenvalue weighted by molar-refractivity contribution is 7.59. The lowest BCUT2D eigenvalue weighted by Gasteiger charge is -2.38. The number of nitrogens with two attached hydrogens (primary N) is 2. The Morgan fingerprint density at radius 3 is 1.27 bits per heavy atom. The number of hydrogen-bond acceptors (Lipinski definition) is 3. The van der Waals surface area contributed by atoms with Gasteiger partial charge in [-0.1, -0.05) is 41.5 Å². The van der Waals surface area contributed by atoms with Gasteiger partial charge in [0.15, 0.2) is 0 Å². The zero-order valence-corrected chi connectivity index (χ0v) is 11.5. The van der Waals surface area contributed by atoms with Gasteiger partial charge in [0.1, 0.15) is 0 Å². The van der Waals surface area contributed by atoms with E-state index in [1.165, 1.54) is 0 Å². The van der Waals surface area contributed by atoms with Crippen molar-refractivity contribution in [1.29, 1.82) is 0 Å². The third-order valence-corrected chi connectivity index (χ3v) is 5.72. The molecule has 0 saturated heterocycles. The molecule has 0 heterocycles. The summed E-state index contributed by atoms with van der Waals surface area (Å²) < 4.78 is 12.2. The molecule has 0 bridgehead atoms. The Hall–Kier alpha value is 0.110. The van der Waals surface area contributed by atoms with Gasteiger partial charge in [0.25, 0.3) is 0 Å². The van der Waals surface area contributed by atoms with E-state index in [1.54, 1.807) is 0 Å². The molecular formula is C10H25N2O2P. The van der Waals surface area contributed by atoms with Crippen molar-refractivity contribution in [3.05, 3.63) is 0 Å². The molecule has 15 heavy (non-hydrogen) atoms. The maximum absolute atomic E-state index is 12.2. The van der Waals surface area contributed by atoms with Crippen LogP contribution in [0, 0.1) is 10.8 Å². The molecule has 0 aromatic carbocycles. The fourth-order valence-electron chi connectivity index (χ4n) is 1.28. The van der Waals surface area contributed by atoms with Gasteiger partial charge in [-0.15, -0.1) is 0 Å². The Morgan fingerprint density at radius 1 is 0.933 bits per heavy atom. The Bertz CT molecular complexity index is 242. The van der Waals surface area contributed by atoms with Gasteiger partial charge in [-0.2, -0.15) is 0 Å². The molecule has 0 aromatic heterocycles. The third kappa shape index (κ3) is 3.56. The molecule has 2 atom stereocenters. The van der Waals surface area contributed by atoms with Crippen LogP contribution >= 0.6 is 7.37 Å². The first-order valence-corrected chi connectivity index (χ1v) is 6.94. The van der Waals surface area contributed by atoms with Crippen molar-refractivity contribution in [3.8, 4) is 0 Å². The van der Waals surface area contributed by atoms with Crippen LogP contribution in [-0.4, -0.2) is 16.5 Å². The first-order valence-electron chi connectivity index (χ1n) is 5.14. The van der Waals surface area contributed by atoms with Gasteiger partial charge in [-0.05, 0) is 10.8 Å². The molecule has 0 saturated carbocycles. The van der Waals surface area contributed by atoms with Crippen molar-refractivity contribution in [3.63, 3.8) is 0 Å². The summed E-state index contributed by atoms with van der Waals surface area (Å²) in [6.45, 7) is 11.1. The van der Waals surface area contributed by atoms with Crippen molar-refractivity contribution in [1.82, 2.24) is 0 Å². The highest BCUT2D eigenvalue weighted by Crippen LogP contribution is 2.57. The minimum absolute atomic E-state index is 0.423. The van der Waals surface area contributed by atoms with E-state index in [0.717, 1.165) is 0 Å². The summed E-state index contributed by atoms with van der Waals surface area (Å²) in [5.74, 6) is -1.58. The second-order valence-electron chi connectivity index (χ2n) is 6.29. The summed E-state index contributed by atoms with van der Waals surface area (Å²) in [7, 11) is -3.56. The average molecular weight is 236 g/mol. The van der Waals surface area contributed by atoms with Crippen LogP contribution in [0.4, 0.5) is 0 Å². The van der Waals surface area contributed by atoms with E-state index in [4.69, 9.17) is 11.5 Å². The van der Waals surface area contributed by atoms with E-state index in [1.807, 2.05) is 41.5 Å². The van der Waals surface area contributed by atoms with Gasteiger partial charge in [0, 0.05) is 0 Å². The monoisotopic (exact) mass is 236 g/mol. The summed E-state index contributed by atoms with van der Waals surface area (Å²) in [5, 5.41) is 0. The second-order valence-corrected chi connectivity index (χ2v) is 8.75. The molecule has 0 aliphatic rings. The average Bonchev–Trinajstić information content (AvgIpc) is 1.98. The van der Waals surface area contributed by atoms with Crippen LogP contribution in [0.2, 0.25) is 0 Å². The van der Waals surface area contributed by atoms with E-state index < -0.39 is 29.8 Å². The van der Waals surface area contributed by atoms with Crippen molar-refractivity contribution in [2.24, 2.45) is 22.3 Å². The predicted molar refractivity (Wildman–Crippen MR) is 64.7 cm³/mol. The van der Waals surface area contributed by atoms with Gasteiger partial charge in [0.05, 0.1) is 11.6 Å².